The number of hydrogen-bond acceptors (Lipinski definition) is 4. The SMILES string of the molecule is O=C(O)CNC(=O)[C@H](Cc1ccc(-c2ccccc2)cc1)NCP(=O)(O)O. The average molecular weight is 392 g/mol. The van der Waals surface area contributed by atoms with E-state index in [1.165, 1.54) is 0 Å². The maximum atomic E-state index is 12.2. The summed E-state index contributed by atoms with van der Waals surface area (Å²) in [6.07, 6.45) is -0.527. The van der Waals surface area contributed by atoms with Gasteiger partial charge in [0.05, 0.1) is 12.3 Å². The fraction of sp³-hybridized carbons (Fsp3) is 0.222. The van der Waals surface area contributed by atoms with Gasteiger partial charge in [-0.2, -0.15) is 0 Å². The molecule has 0 saturated heterocycles. The van der Waals surface area contributed by atoms with E-state index in [1.54, 1.807) is 0 Å². The second-order valence-corrected chi connectivity index (χ2v) is 7.60. The highest BCUT2D eigenvalue weighted by molar-refractivity contribution is 7.51. The van der Waals surface area contributed by atoms with Crippen molar-refractivity contribution in [2.24, 2.45) is 0 Å². The number of carbonyl (C=O) groups is 2. The quantitative estimate of drug-likeness (QED) is 0.405. The van der Waals surface area contributed by atoms with Crippen molar-refractivity contribution in [3.63, 3.8) is 0 Å². The molecule has 1 atom stereocenters. The predicted octanol–water partition coefficient (Wildman–Crippen LogP) is 1.19. The first-order valence-corrected chi connectivity index (χ1v) is 9.96. The van der Waals surface area contributed by atoms with Gasteiger partial charge in [0.2, 0.25) is 5.91 Å². The summed E-state index contributed by atoms with van der Waals surface area (Å²) in [4.78, 5) is 40.8. The monoisotopic (exact) mass is 392 g/mol. The fourth-order valence-corrected chi connectivity index (χ4v) is 2.93. The third-order valence-corrected chi connectivity index (χ3v) is 4.37. The van der Waals surface area contributed by atoms with E-state index in [0.29, 0.717) is 0 Å². The summed E-state index contributed by atoms with van der Waals surface area (Å²) in [6.45, 7) is -0.570. The largest absolute Gasteiger partial charge is 0.480 e. The second-order valence-electron chi connectivity index (χ2n) is 5.96. The van der Waals surface area contributed by atoms with E-state index in [9.17, 15) is 14.2 Å². The lowest BCUT2D eigenvalue weighted by Crippen LogP contribution is -2.47. The van der Waals surface area contributed by atoms with Crippen LogP contribution in [0.4, 0.5) is 0 Å². The Hall–Kier alpha value is -2.51. The minimum absolute atomic E-state index is 0.153. The molecule has 0 unspecified atom stereocenters. The molecular formula is C18H21N2O6P. The van der Waals surface area contributed by atoms with Gasteiger partial charge in [0.15, 0.2) is 0 Å². The van der Waals surface area contributed by atoms with E-state index >= 15 is 0 Å². The maximum Gasteiger partial charge on any atom is 0.339 e. The number of carboxylic acids is 1. The highest BCUT2D eigenvalue weighted by atomic mass is 31.2. The first kappa shape index (κ1) is 20.8. The van der Waals surface area contributed by atoms with E-state index in [-0.39, 0.29) is 6.42 Å². The molecule has 0 saturated carbocycles. The van der Waals surface area contributed by atoms with E-state index in [2.05, 4.69) is 10.6 Å². The van der Waals surface area contributed by atoms with Crippen molar-refractivity contribution in [2.45, 2.75) is 12.5 Å². The molecule has 144 valence electrons. The molecule has 1 amide bonds. The number of hydrogen-bond donors (Lipinski definition) is 5. The topological polar surface area (TPSA) is 136 Å². The Morgan fingerprint density at radius 1 is 0.963 bits per heavy atom. The summed E-state index contributed by atoms with van der Waals surface area (Å²) in [5, 5.41) is 13.4. The molecule has 8 nitrogen and oxygen atoms in total. The van der Waals surface area contributed by atoms with Crippen molar-refractivity contribution in [1.82, 2.24) is 10.6 Å². The van der Waals surface area contributed by atoms with E-state index in [1.807, 2.05) is 54.6 Å². The van der Waals surface area contributed by atoms with Crippen LogP contribution >= 0.6 is 7.60 Å². The van der Waals surface area contributed by atoms with E-state index in [0.717, 1.165) is 16.7 Å². The van der Waals surface area contributed by atoms with Crippen LogP contribution in [0.5, 0.6) is 0 Å². The Morgan fingerprint density at radius 2 is 1.56 bits per heavy atom. The van der Waals surface area contributed by atoms with Crippen LogP contribution in [0.15, 0.2) is 54.6 Å². The molecule has 0 radical (unpaired) electrons. The third-order valence-electron chi connectivity index (χ3n) is 3.77. The van der Waals surface area contributed by atoms with Gasteiger partial charge in [0, 0.05) is 0 Å². The van der Waals surface area contributed by atoms with Gasteiger partial charge in [-0.3, -0.25) is 19.5 Å². The van der Waals surface area contributed by atoms with Crippen molar-refractivity contribution in [1.29, 1.82) is 0 Å². The summed E-state index contributed by atoms with van der Waals surface area (Å²) in [5.74, 6) is -1.85. The number of nitrogens with one attached hydrogen (secondary N) is 2. The zero-order valence-electron chi connectivity index (χ0n) is 14.4. The number of aliphatic carboxylic acids is 1. The lowest BCUT2D eigenvalue weighted by Gasteiger charge is -2.18. The van der Waals surface area contributed by atoms with Crippen LogP contribution in [0.3, 0.4) is 0 Å². The first-order valence-electron chi connectivity index (χ1n) is 8.16. The van der Waals surface area contributed by atoms with Gasteiger partial charge in [0.25, 0.3) is 0 Å². The van der Waals surface area contributed by atoms with Crippen LogP contribution in [0, 0.1) is 0 Å². The Labute approximate surface area is 156 Å². The number of carboxylic acid groups (broad SMARTS) is 1. The molecule has 0 aliphatic carbocycles. The van der Waals surface area contributed by atoms with E-state index in [4.69, 9.17) is 14.9 Å². The molecule has 5 N–H and O–H groups in total. The zero-order chi connectivity index (χ0) is 19.9. The Kier molecular flexibility index (Phi) is 7.27. The van der Waals surface area contributed by atoms with Crippen molar-refractivity contribution in [3.05, 3.63) is 60.2 Å². The molecule has 2 rings (SSSR count). The summed E-state index contributed by atoms with van der Waals surface area (Å²) in [7, 11) is -4.36. The molecule has 2 aromatic carbocycles. The lowest BCUT2D eigenvalue weighted by molar-refractivity contribution is -0.138. The molecule has 0 aromatic heterocycles. The van der Waals surface area contributed by atoms with Crippen molar-refractivity contribution >= 4 is 19.5 Å². The fourth-order valence-electron chi connectivity index (χ4n) is 2.47. The smallest absolute Gasteiger partial charge is 0.339 e. The number of rotatable bonds is 9. The van der Waals surface area contributed by atoms with Gasteiger partial charge < -0.3 is 20.2 Å². The molecule has 0 aliphatic heterocycles. The molecular weight excluding hydrogens is 371 g/mol. The van der Waals surface area contributed by atoms with Crippen molar-refractivity contribution in [3.8, 4) is 11.1 Å². The van der Waals surface area contributed by atoms with Crippen LogP contribution in [-0.2, 0) is 20.6 Å². The number of benzene rings is 2. The molecule has 0 bridgehead atoms. The minimum atomic E-state index is -4.36. The molecule has 27 heavy (non-hydrogen) atoms. The molecule has 0 spiro atoms. The predicted molar refractivity (Wildman–Crippen MR) is 100 cm³/mol. The third kappa shape index (κ3) is 7.32. The summed E-state index contributed by atoms with van der Waals surface area (Å²) >= 11 is 0. The van der Waals surface area contributed by atoms with Gasteiger partial charge in [-0.15, -0.1) is 0 Å². The first-order chi connectivity index (χ1) is 12.7. The molecule has 0 heterocycles. The highest BCUT2D eigenvalue weighted by Gasteiger charge is 2.23. The minimum Gasteiger partial charge on any atom is -0.480 e. The van der Waals surface area contributed by atoms with Gasteiger partial charge in [-0.1, -0.05) is 54.6 Å². The summed E-state index contributed by atoms with van der Waals surface area (Å²) < 4.78 is 11.1. The molecule has 2 aromatic rings. The van der Waals surface area contributed by atoms with Crippen LogP contribution in [0.1, 0.15) is 5.56 Å². The lowest BCUT2D eigenvalue weighted by atomic mass is 10.0. The molecule has 9 heteroatoms. The standard InChI is InChI=1S/C18H21N2O6P/c21-17(22)11-19-18(23)16(20-12-27(24,25)26)10-13-6-8-15(9-7-13)14-4-2-1-3-5-14/h1-9,16,20H,10-12H2,(H,19,23)(H,21,22)(H2,24,25,26)/t16-/m0/s1. The van der Waals surface area contributed by atoms with Crippen LogP contribution in [0.2, 0.25) is 0 Å². The molecule has 0 fully saturated rings. The van der Waals surface area contributed by atoms with Gasteiger partial charge in [0.1, 0.15) is 6.54 Å². The van der Waals surface area contributed by atoms with Gasteiger partial charge in [-0.25, -0.2) is 0 Å². The second kappa shape index (κ2) is 9.43. The van der Waals surface area contributed by atoms with Crippen LogP contribution in [-0.4, -0.2) is 45.6 Å². The molecule has 0 aliphatic rings. The van der Waals surface area contributed by atoms with Crippen LogP contribution in [0.25, 0.3) is 11.1 Å². The maximum absolute atomic E-state index is 12.2. The summed E-state index contributed by atoms with van der Waals surface area (Å²) in [6, 6.07) is 16.2. The van der Waals surface area contributed by atoms with Gasteiger partial charge >= 0.3 is 13.6 Å². The normalized spacial score (nSPS) is 12.4. The van der Waals surface area contributed by atoms with Crippen molar-refractivity contribution < 1.29 is 29.0 Å². The number of amides is 1. The van der Waals surface area contributed by atoms with Gasteiger partial charge in [-0.05, 0) is 23.1 Å². The highest BCUT2D eigenvalue weighted by Crippen LogP contribution is 2.32. The Bertz CT molecular complexity index is 820. The number of carbonyl (C=O) groups excluding carboxylic acids is 1. The summed E-state index contributed by atoms with van der Waals surface area (Å²) in [5.41, 5.74) is 2.80. The van der Waals surface area contributed by atoms with Crippen LogP contribution < -0.4 is 10.6 Å². The van der Waals surface area contributed by atoms with Crippen molar-refractivity contribution in [2.75, 3.05) is 12.8 Å². The average Bonchev–Trinajstić information content (AvgIpc) is 2.63. The zero-order valence-corrected chi connectivity index (χ0v) is 15.3. The Balaban J connectivity index is 2.09. The van der Waals surface area contributed by atoms with E-state index < -0.39 is 38.3 Å². The Morgan fingerprint density at radius 3 is 2.11 bits per heavy atom.